The van der Waals surface area contributed by atoms with Crippen LogP contribution in [-0.4, -0.2) is 24.8 Å². The van der Waals surface area contributed by atoms with Gasteiger partial charge in [-0.05, 0) is 59.9 Å². The highest BCUT2D eigenvalue weighted by Crippen LogP contribution is 2.39. The molecule has 0 atom stereocenters. The molecule has 2 heterocycles. The van der Waals surface area contributed by atoms with E-state index < -0.39 is 0 Å². The molecule has 2 aromatic heterocycles. The number of hydrogen-bond acceptors (Lipinski definition) is 4. The van der Waals surface area contributed by atoms with Crippen molar-refractivity contribution in [1.29, 1.82) is 0 Å². The van der Waals surface area contributed by atoms with Crippen LogP contribution in [0.2, 0.25) is 0 Å². The molecule has 5 heteroatoms. The molecule has 0 unspecified atom stereocenters. The normalized spacial score (nSPS) is 12.8. The highest BCUT2D eigenvalue weighted by atomic mass is 16.4. The van der Waals surface area contributed by atoms with Crippen LogP contribution in [0.15, 0.2) is 166 Å². The minimum atomic E-state index is 0.464. The molecule has 0 saturated carbocycles. The Balaban J connectivity index is 1.17. The van der Waals surface area contributed by atoms with Crippen molar-refractivity contribution in [2.45, 2.75) is 12.8 Å². The van der Waals surface area contributed by atoms with Gasteiger partial charge in [0, 0.05) is 52.5 Å². The molecule has 8 rings (SSSR count). The molecule has 0 radical (unpaired) electrons. The second-order valence-electron chi connectivity index (χ2n) is 12.8. The number of nitrogens with zero attached hydrogens (tertiary/aromatic N) is 2. The molecular weight excluding hydrogens is 615 g/mol. The Bertz CT molecular complexity index is 2560. The number of aliphatic imine (C=N–C) groups is 1. The van der Waals surface area contributed by atoms with Crippen molar-refractivity contribution >= 4 is 61.1 Å². The van der Waals surface area contributed by atoms with Gasteiger partial charge in [-0.2, -0.15) is 0 Å². The standard InChI is InChI=1S/C45H37N3O2/c1-48(2)40(32-14-8-4-9-15-32)27-20-31-18-22-35-37-24-25-38-36-23-21-34(29-42(36)50-44(38)43(37)49-41(35)28-31)39(26-19-30-12-6-3-7-13-30)47-45(46)33-16-10-5-11-17-33/h3-18,21-29H,19-20H2,1-2H3,(H2,46,47)/b39-26-,40-27-. The van der Waals surface area contributed by atoms with E-state index in [4.69, 9.17) is 19.6 Å². The van der Waals surface area contributed by atoms with Crippen molar-refractivity contribution in [2.24, 2.45) is 10.7 Å². The maximum Gasteiger partial charge on any atom is 0.178 e. The van der Waals surface area contributed by atoms with Gasteiger partial charge in [0.2, 0.25) is 0 Å². The van der Waals surface area contributed by atoms with E-state index in [1.807, 2.05) is 42.5 Å². The number of rotatable bonds is 9. The monoisotopic (exact) mass is 651 g/mol. The van der Waals surface area contributed by atoms with Gasteiger partial charge in [0.1, 0.15) is 17.0 Å². The predicted octanol–water partition coefficient (Wildman–Crippen LogP) is 10.6. The third-order valence-corrected chi connectivity index (χ3v) is 9.21. The molecule has 0 aliphatic rings. The average Bonchev–Trinajstić information content (AvgIpc) is 3.72. The van der Waals surface area contributed by atoms with Gasteiger partial charge in [-0.25, -0.2) is 4.99 Å². The first-order chi connectivity index (χ1) is 24.5. The van der Waals surface area contributed by atoms with Crippen LogP contribution in [0.3, 0.4) is 0 Å². The van der Waals surface area contributed by atoms with Gasteiger partial charge in [-0.1, -0.05) is 121 Å². The van der Waals surface area contributed by atoms with Gasteiger partial charge < -0.3 is 19.5 Å². The van der Waals surface area contributed by atoms with Crippen LogP contribution >= 0.6 is 0 Å². The molecule has 0 aliphatic carbocycles. The summed E-state index contributed by atoms with van der Waals surface area (Å²) in [6.07, 6.45) is 5.91. The molecule has 0 amide bonds. The van der Waals surface area contributed by atoms with Crippen molar-refractivity contribution in [2.75, 3.05) is 14.1 Å². The first kappa shape index (κ1) is 31.0. The predicted molar refractivity (Wildman–Crippen MR) is 208 cm³/mol. The number of furan rings is 2. The average molecular weight is 652 g/mol. The molecule has 0 spiro atoms. The van der Waals surface area contributed by atoms with Gasteiger partial charge in [-0.15, -0.1) is 0 Å². The van der Waals surface area contributed by atoms with E-state index in [2.05, 4.69) is 128 Å². The van der Waals surface area contributed by atoms with E-state index in [0.717, 1.165) is 73.5 Å². The first-order valence-electron chi connectivity index (χ1n) is 16.9. The first-order valence-corrected chi connectivity index (χ1v) is 16.9. The Labute approximate surface area is 291 Å². The number of hydrogen-bond donors (Lipinski definition) is 1. The van der Waals surface area contributed by atoms with E-state index >= 15 is 0 Å². The molecule has 2 N–H and O–H groups in total. The van der Waals surface area contributed by atoms with Crippen molar-refractivity contribution in [3.63, 3.8) is 0 Å². The quantitative estimate of drug-likeness (QED) is 0.125. The Morgan fingerprint density at radius 3 is 1.74 bits per heavy atom. The third-order valence-electron chi connectivity index (χ3n) is 9.21. The summed E-state index contributed by atoms with van der Waals surface area (Å²) in [5.74, 6) is 0.464. The zero-order valence-corrected chi connectivity index (χ0v) is 28.1. The van der Waals surface area contributed by atoms with Crippen LogP contribution in [0.5, 0.6) is 0 Å². The molecular formula is C45H37N3O2. The molecule has 0 saturated heterocycles. The van der Waals surface area contributed by atoms with E-state index in [1.165, 1.54) is 22.4 Å². The summed E-state index contributed by atoms with van der Waals surface area (Å²) in [7, 11) is 4.16. The van der Waals surface area contributed by atoms with E-state index in [0.29, 0.717) is 5.84 Å². The molecule has 0 bridgehead atoms. The van der Waals surface area contributed by atoms with Crippen molar-refractivity contribution in [1.82, 2.24) is 4.90 Å². The molecule has 50 heavy (non-hydrogen) atoms. The fourth-order valence-electron chi connectivity index (χ4n) is 6.64. The second kappa shape index (κ2) is 13.3. The van der Waals surface area contributed by atoms with Gasteiger partial charge in [0.25, 0.3) is 0 Å². The smallest absolute Gasteiger partial charge is 0.178 e. The summed E-state index contributed by atoms with van der Waals surface area (Å²) < 4.78 is 13.2. The van der Waals surface area contributed by atoms with Gasteiger partial charge >= 0.3 is 0 Å². The van der Waals surface area contributed by atoms with Crippen LogP contribution in [0.4, 0.5) is 0 Å². The molecule has 244 valence electrons. The van der Waals surface area contributed by atoms with Crippen LogP contribution in [0, 0.1) is 0 Å². The summed E-state index contributed by atoms with van der Waals surface area (Å²) in [5.41, 5.74) is 17.0. The lowest BCUT2D eigenvalue weighted by Crippen LogP contribution is -2.13. The second-order valence-corrected chi connectivity index (χ2v) is 12.8. The summed E-state index contributed by atoms with van der Waals surface area (Å²) in [6, 6.07) is 47.7. The van der Waals surface area contributed by atoms with Gasteiger partial charge in [-0.3, -0.25) is 0 Å². The van der Waals surface area contributed by atoms with Gasteiger partial charge in [0.15, 0.2) is 11.2 Å². The maximum atomic E-state index is 6.61. The van der Waals surface area contributed by atoms with Crippen molar-refractivity contribution in [3.05, 3.63) is 179 Å². The molecule has 0 fully saturated rings. The molecule has 0 aliphatic heterocycles. The summed E-state index contributed by atoms with van der Waals surface area (Å²) >= 11 is 0. The Kier molecular flexibility index (Phi) is 8.23. The Morgan fingerprint density at radius 1 is 0.560 bits per heavy atom. The Hall–Kier alpha value is -6.33. The SMILES string of the molecule is CN(C)/C(=C\Cc1ccc2c(c1)oc1c2ccc2c3ccc(/C(=C/Cc4ccccc4)N=C(N)c4ccccc4)cc3oc21)c1ccccc1. The molecule has 6 aromatic carbocycles. The number of nitrogens with two attached hydrogens (primary N) is 1. The summed E-state index contributed by atoms with van der Waals surface area (Å²) in [4.78, 5) is 7.08. The lowest BCUT2D eigenvalue weighted by atomic mass is 10.0. The summed E-state index contributed by atoms with van der Waals surface area (Å²) in [6.45, 7) is 0. The fourth-order valence-corrected chi connectivity index (χ4v) is 6.64. The van der Waals surface area contributed by atoms with Crippen molar-refractivity contribution in [3.8, 4) is 0 Å². The van der Waals surface area contributed by atoms with Crippen LogP contribution in [0.1, 0.15) is 27.8 Å². The maximum absolute atomic E-state index is 6.61. The number of allylic oxidation sites excluding steroid dienone is 2. The number of fused-ring (bicyclic) bond motifs is 7. The molecule has 8 aromatic rings. The topological polar surface area (TPSA) is 67.9 Å². The van der Waals surface area contributed by atoms with E-state index in [9.17, 15) is 0 Å². The number of amidine groups is 1. The van der Waals surface area contributed by atoms with E-state index in [1.54, 1.807) is 0 Å². The zero-order valence-electron chi connectivity index (χ0n) is 28.1. The highest BCUT2D eigenvalue weighted by molar-refractivity contribution is 6.19. The van der Waals surface area contributed by atoms with Crippen LogP contribution in [-0.2, 0) is 12.8 Å². The minimum Gasteiger partial charge on any atom is -0.452 e. The molecule has 5 nitrogen and oxygen atoms in total. The number of benzene rings is 6. The highest BCUT2D eigenvalue weighted by Gasteiger charge is 2.17. The Morgan fingerprint density at radius 2 is 1.10 bits per heavy atom. The van der Waals surface area contributed by atoms with Crippen LogP contribution in [0.25, 0.3) is 55.3 Å². The summed E-state index contributed by atoms with van der Waals surface area (Å²) in [5, 5.41) is 4.15. The lowest BCUT2D eigenvalue weighted by molar-refractivity contribution is 0.590. The van der Waals surface area contributed by atoms with Crippen molar-refractivity contribution < 1.29 is 8.83 Å². The third kappa shape index (κ3) is 6.06. The zero-order chi connectivity index (χ0) is 34.0. The van der Waals surface area contributed by atoms with Crippen LogP contribution < -0.4 is 5.73 Å². The lowest BCUT2D eigenvalue weighted by Gasteiger charge is -2.17. The van der Waals surface area contributed by atoms with E-state index in [-0.39, 0.29) is 0 Å². The van der Waals surface area contributed by atoms with Gasteiger partial charge in [0.05, 0.1) is 5.70 Å². The minimum absolute atomic E-state index is 0.464. The largest absolute Gasteiger partial charge is 0.452 e. The fraction of sp³-hybridized carbons (Fsp3) is 0.0889.